The highest BCUT2D eigenvalue weighted by atomic mass is 35.5. The molecule has 0 saturated heterocycles. The van der Waals surface area contributed by atoms with Crippen molar-refractivity contribution in [3.8, 4) is 0 Å². The van der Waals surface area contributed by atoms with E-state index in [4.69, 9.17) is 21.1 Å². The maximum Gasteiger partial charge on any atom is 0.346 e. The summed E-state index contributed by atoms with van der Waals surface area (Å²) in [5.74, 6) is 0. The third kappa shape index (κ3) is 8.40. The van der Waals surface area contributed by atoms with Crippen LogP contribution in [-0.2, 0) is 31.8 Å². The molecule has 0 aromatic heterocycles. The van der Waals surface area contributed by atoms with Gasteiger partial charge in [0.05, 0.1) is 13.2 Å². The first kappa shape index (κ1) is 26.2. The number of ether oxygens (including phenoxy) is 2. The summed E-state index contributed by atoms with van der Waals surface area (Å²) in [4.78, 5) is 20.8. The van der Waals surface area contributed by atoms with Crippen LogP contribution < -0.4 is 0 Å². The van der Waals surface area contributed by atoms with Crippen LogP contribution in [0.15, 0.2) is 89.8 Å². The van der Waals surface area contributed by atoms with Crippen LogP contribution in [0.5, 0.6) is 0 Å². The first-order valence-electron chi connectivity index (χ1n) is 10.0. The molecule has 0 bridgehead atoms. The predicted molar refractivity (Wildman–Crippen MR) is 133 cm³/mol. The average molecular weight is 527 g/mol. The Morgan fingerprint density at radius 3 is 1.64 bits per heavy atom. The Bertz CT molecular complexity index is 1040. The first-order valence-corrected chi connectivity index (χ1v) is 15.1. The van der Waals surface area contributed by atoms with Crippen molar-refractivity contribution in [1.82, 2.24) is 0 Å². The molecule has 6 nitrogen and oxygen atoms in total. The molecule has 0 radical (unpaired) electrons. The van der Waals surface area contributed by atoms with E-state index in [2.05, 4.69) is 0 Å². The van der Waals surface area contributed by atoms with Crippen LogP contribution in [0.1, 0.15) is 11.1 Å². The van der Waals surface area contributed by atoms with Gasteiger partial charge in [0.15, 0.2) is 11.9 Å². The molecule has 3 aromatic carbocycles. The lowest BCUT2D eigenvalue weighted by Crippen LogP contribution is -2.14. The Labute approximate surface area is 202 Å². The largest absolute Gasteiger partial charge is 0.369 e. The van der Waals surface area contributed by atoms with Crippen molar-refractivity contribution >= 4 is 38.1 Å². The van der Waals surface area contributed by atoms with Gasteiger partial charge in [0.2, 0.25) is 0 Å². The van der Waals surface area contributed by atoms with Crippen molar-refractivity contribution in [3.05, 3.63) is 101 Å². The van der Waals surface area contributed by atoms with Gasteiger partial charge in [-0.25, -0.2) is 0 Å². The Morgan fingerprint density at radius 2 is 1.21 bits per heavy atom. The minimum atomic E-state index is -4.79. The molecule has 0 aliphatic carbocycles. The molecule has 0 fully saturated rings. The second-order valence-corrected chi connectivity index (χ2v) is 14.7. The van der Waals surface area contributed by atoms with Crippen LogP contribution >= 0.6 is 38.1 Å². The average Bonchev–Trinajstić information content (AvgIpc) is 2.79. The summed E-state index contributed by atoms with van der Waals surface area (Å²) in [6.45, 7) is 0.339. The van der Waals surface area contributed by atoms with Crippen LogP contribution in [0, 0.1) is 0 Å². The molecule has 0 aliphatic heterocycles. The molecule has 0 heterocycles. The lowest BCUT2D eigenvalue weighted by molar-refractivity contribution is 0.141. The Morgan fingerprint density at radius 1 is 0.758 bits per heavy atom. The minimum absolute atomic E-state index is 0.170. The van der Waals surface area contributed by atoms with E-state index in [1.54, 1.807) is 24.3 Å². The van der Waals surface area contributed by atoms with Crippen LogP contribution in [0.4, 0.5) is 0 Å². The summed E-state index contributed by atoms with van der Waals surface area (Å²) in [6.07, 6.45) is -0.653. The topological polar surface area (TPSA) is 93.1 Å². The van der Waals surface area contributed by atoms with Crippen molar-refractivity contribution in [2.75, 3.05) is 12.7 Å². The molecule has 2 N–H and O–H groups in total. The fourth-order valence-corrected chi connectivity index (χ4v) is 9.82. The first-order chi connectivity index (χ1) is 15.8. The van der Waals surface area contributed by atoms with E-state index in [1.807, 2.05) is 60.7 Å². The molecule has 1 unspecified atom stereocenters. The van der Waals surface area contributed by atoms with E-state index in [-0.39, 0.29) is 25.9 Å². The highest BCUT2D eigenvalue weighted by molar-refractivity contribution is 8.13. The van der Waals surface area contributed by atoms with E-state index in [0.29, 0.717) is 9.92 Å². The lowest BCUT2D eigenvalue weighted by atomic mass is 10.2. The quantitative estimate of drug-likeness (QED) is 0.203. The predicted octanol–water partition coefficient (Wildman–Crippen LogP) is 6.61. The Balaban J connectivity index is 1.79. The summed E-state index contributed by atoms with van der Waals surface area (Å²) in [7, 11) is -8.47. The minimum Gasteiger partial charge on any atom is -0.369 e. The zero-order valence-electron chi connectivity index (χ0n) is 17.7. The van der Waals surface area contributed by atoms with Crippen molar-refractivity contribution < 1.29 is 28.4 Å². The van der Waals surface area contributed by atoms with Crippen LogP contribution in [0.3, 0.4) is 0 Å². The molecular weight excluding hydrogens is 502 g/mol. The van der Waals surface area contributed by atoms with Gasteiger partial charge in [0.25, 0.3) is 0 Å². The second-order valence-electron chi connectivity index (χ2n) is 7.37. The third-order valence-electron chi connectivity index (χ3n) is 4.59. The summed E-state index contributed by atoms with van der Waals surface area (Å²) < 4.78 is 36.4. The number of halogens is 1. The van der Waals surface area contributed by atoms with E-state index in [1.165, 1.54) is 0 Å². The Hall–Kier alpha value is -1.40. The van der Waals surface area contributed by atoms with Gasteiger partial charge in [-0.2, -0.15) is 0 Å². The maximum atomic E-state index is 14.0. The van der Waals surface area contributed by atoms with Crippen molar-refractivity contribution in [1.29, 1.82) is 0 Å². The fraction of sp³-hybridized carbons (Fsp3) is 0.217. The molecule has 0 saturated carbocycles. The van der Waals surface area contributed by atoms with Gasteiger partial charge in [-0.15, -0.1) is 11.8 Å². The highest BCUT2D eigenvalue weighted by Gasteiger charge is 2.46. The third-order valence-corrected chi connectivity index (χ3v) is 13.0. The van der Waals surface area contributed by atoms with E-state index < -0.39 is 19.5 Å². The van der Waals surface area contributed by atoms with Crippen molar-refractivity contribution in [3.63, 3.8) is 0 Å². The van der Waals surface area contributed by atoms with E-state index in [0.717, 1.165) is 22.9 Å². The monoisotopic (exact) mass is 526 g/mol. The molecule has 10 heteroatoms. The molecule has 0 aliphatic rings. The van der Waals surface area contributed by atoms with Gasteiger partial charge < -0.3 is 23.8 Å². The highest BCUT2D eigenvalue weighted by Crippen LogP contribution is 2.69. The summed E-state index contributed by atoms with van der Waals surface area (Å²) in [6, 6.07) is 25.1. The molecule has 1 atom stereocenters. The fourth-order valence-electron chi connectivity index (χ4n) is 3.02. The zero-order chi connectivity index (χ0) is 23.7. The van der Waals surface area contributed by atoms with Gasteiger partial charge >= 0.3 is 7.60 Å². The SMILES string of the molecule is O=P(O)(O)C(Sc1ccc(Cl)cc1)P(=O)(COCc1ccccc1)COCc1ccccc1. The van der Waals surface area contributed by atoms with Gasteiger partial charge in [0, 0.05) is 9.92 Å². The number of hydrogen-bond donors (Lipinski definition) is 2. The van der Waals surface area contributed by atoms with Crippen molar-refractivity contribution in [2.24, 2.45) is 0 Å². The van der Waals surface area contributed by atoms with E-state index >= 15 is 0 Å². The summed E-state index contributed by atoms with van der Waals surface area (Å²) in [5.41, 5.74) is 1.74. The second kappa shape index (κ2) is 12.3. The smallest absolute Gasteiger partial charge is 0.346 e. The van der Waals surface area contributed by atoms with Crippen LogP contribution in [0.25, 0.3) is 0 Å². The zero-order valence-corrected chi connectivity index (χ0v) is 21.1. The number of hydrogen-bond acceptors (Lipinski definition) is 5. The van der Waals surface area contributed by atoms with E-state index in [9.17, 15) is 18.9 Å². The molecule has 0 spiro atoms. The van der Waals surface area contributed by atoms with Crippen molar-refractivity contribution in [2.45, 2.75) is 22.8 Å². The van der Waals surface area contributed by atoms with Crippen LogP contribution in [0.2, 0.25) is 5.02 Å². The summed E-state index contributed by atoms with van der Waals surface area (Å²) in [5, 5.41) is 0.493. The standard InChI is InChI=1S/C23H25ClO6P2S/c24-21-11-13-22(14-12-21)33-23(32(26,27)28)31(25,17-29-15-19-7-3-1-4-8-19)18-30-16-20-9-5-2-6-10-20/h1-14,23H,15-18H2,(H2,26,27,28). The van der Waals surface area contributed by atoms with Crippen LogP contribution in [-0.4, -0.2) is 27.2 Å². The normalized spacial score (nSPS) is 13.1. The molecule has 3 rings (SSSR count). The number of benzene rings is 3. The number of rotatable bonds is 12. The molecule has 176 valence electrons. The van der Waals surface area contributed by atoms with Gasteiger partial charge in [-0.1, -0.05) is 72.3 Å². The maximum absolute atomic E-state index is 14.0. The molecular formula is C23H25ClO6P2S. The van der Waals surface area contributed by atoms with Gasteiger partial charge in [-0.05, 0) is 35.4 Å². The summed E-state index contributed by atoms with van der Waals surface area (Å²) >= 11 is 6.78. The number of thioether (sulfide) groups is 1. The lowest BCUT2D eigenvalue weighted by Gasteiger charge is -2.28. The molecule has 3 aromatic rings. The Kier molecular flexibility index (Phi) is 9.81. The van der Waals surface area contributed by atoms with Gasteiger partial charge in [0.1, 0.15) is 12.7 Å². The molecule has 33 heavy (non-hydrogen) atoms. The van der Waals surface area contributed by atoms with Gasteiger partial charge in [-0.3, -0.25) is 4.57 Å². The molecule has 0 amide bonds.